The van der Waals surface area contributed by atoms with Crippen molar-refractivity contribution < 1.29 is 28.8 Å². The molecule has 2 fully saturated rings. The van der Waals surface area contributed by atoms with Crippen molar-refractivity contribution in [1.29, 1.82) is 0 Å². The SMILES string of the molecule is [2H]N(C1CCCCC1)S(=O)(=O)[O-].[2H]N(C1CCCCC1)S(=O)(=O)[O-].[Ca+2]. The van der Waals surface area contributed by atoms with Crippen LogP contribution in [0.3, 0.4) is 0 Å². The maximum atomic E-state index is 10.4. The van der Waals surface area contributed by atoms with Crippen molar-refractivity contribution in [1.82, 2.24) is 9.43 Å². The minimum Gasteiger partial charge on any atom is -0.735 e. The third-order valence-electron chi connectivity index (χ3n) is 3.71. The van der Waals surface area contributed by atoms with Gasteiger partial charge in [0.2, 0.25) is 0 Å². The summed E-state index contributed by atoms with van der Waals surface area (Å²) in [6.45, 7) is 0. The van der Waals surface area contributed by atoms with Gasteiger partial charge in [0.25, 0.3) is 0 Å². The Hall–Kier alpha value is 1.000. The molecule has 2 aliphatic carbocycles. The van der Waals surface area contributed by atoms with Crippen molar-refractivity contribution in [2.45, 2.75) is 76.3 Å². The van der Waals surface area contributed by atoms with E-state index in [0.717, 1.165) is 38.5 Å². The van der Waals surface area contributed by atoms with Gasteiger partial charge in [0, 0.05) is 12.1 Å². The van der Waals surface area contributed by atoms with Crippen LogP contribution >= 0.6 is 0 Å². The van der Waals surface area contributed by atoms with E-state index in [2.05, 4.69) is 0 Å². The van der Waals surface area contributed by atoms with Gasteiger partial charge < -0.3 is 9.11 Å². The maximum absolute atomic E-state index is 10.4. The molecule has 2 rings (SSSR count). The first-order valence-corrected chi connectivity index (χ1v) is 10.2. The molecule has 2 N–H and O–H groups in total. The molecule has 0 atom stereocenters. The fourth-order valence-corrected chi connectivity index (χ4v) is 3.89. The number of rotatable bonds is 4. The van der Waals surface area contributed by atoms with Gasteiger partial charge in [-0.05, 0) is 25.7 Å². The van der Waals surface area contributed by atoms with Gasteiger partial charge in [0.1, 0.15) is 2.82 Å². The van der Waals surface area contributed by atoms with Gasteiger partial charge in [-0.2, -0.15) is 0 Å². The smallest absolute Gasteiger partial charge is 0.735 e. The van der Waals surface area contributed by atoms with Crippen molar-refractivity contribution in [3.63, 3.8) is 0 Å². The molecule has 0 unspecified atom stereocenters. The summed E-state index contributed by atoms with van der Waals surface area (Å²) in [6, 6.07) is -0.775. The quantitative estimate of drug-likeness (QED) is 0.518. The third-order valence-corrected chi connectivity index (χ3v) is 4.82. The zero-order valence-corrected chi connectivity index (χ0v) is 16.9. The molecule has 0 radical (unpaired) electrons. The molecule has 8 nitrogen and oxygen atoms in total. The Morgan fingerprint density at radius 2 is 0.957 bits per heavy atom. The Kier molecular flexibility index (Phi) is 10.2. The first-order valence-electron chi connectivity index (χ1n) is 8.41. The second kappa shape index (κ2) is 11.6. The molecule has 132 valence electrons. The zero-order chi connectivity index (χ0) is 18.4. The normalized spacial score (nSPS) is 22.6. The Morgan fingerprint density at radius 1 is 0.696 bits per heavy atom. The van der Waals surface area contributed by atoms with Crippen molar-refractivity contribution in [2.75, 3.05) is 0 Å². The average molecular weight is 399 g/mol. The molecule has 0 aliphatic heterocycles. The van der Waals surface area contributed by atoms with Crippen molar-refractivity contribution in [2.24, 2.45) is 0 Å². The Morgan fingerprint density at radius 3 is 1.17 bits per heavy atom. The van der Waals surface area contributed by atoms with E-state index in [-0.39, 0.29) is 59.3 Å². The molecule has 2 saturated carbocycles. The molecular formula is C12H24CaN2O6S2. The topological polar surface area (TPSA) is 138 Å². The predicted molar refractivity (Wildman–Crippen MR) is 85.2 cm³/mol. The van der Waals surface area contributed by atoms with Crippen LogP contribution in [0.4, 0.5) is 0 Å². The second-order valence-electron chi connectivity index (χ2n) is 5.65. The average Bonchev–Trinajstić information content (AvgIpc) is 2.54. The van der Waals surface area contributed by atoms with E-state index < -0.39 is 20.6 Å². The van der Waals surface area contributed by atoms with Gasteiger partial charge in [-0.1, -0.05) is 38.5 Å². The van der Waals surface area contributed by atoms with E-state index in [1.165, 1.54) is 0 Å². The van der Waals surface area contributed by atoms with Gasteiger partial charge in [-0.25, -0.2) is 26.3 Å². The first kappa shape index (κ1) is 20.3. The second-order valence-corrected chi connectivity index (χ2v) is 7.78. The minimum absolute atomic E-state index is 0. The fourth-order valence-electron chi connectivity index (χ4n) is 2.74. The molecule has 0 heterocycles. The van der Waals surface area contributed by atoms with Crippen LogP contribution in [0.25, 0.3) is 0 Å². The van der Waals surface area contributed by atoms with Crippen molar-refractivity contribution in [3.05, 3.63) is 0 Å². The summed E-state index contributed by atoms with van der Waals surface area (Å²) >= 11 is 0. The van der Waals surface area contributed by atoms with Crippen LogP contribution in [0.5, 0.6) is 0 Å². The van der Waals surface area contributed by atoms with E-state index >= 15 is 0 Å². The van der Waals surface area contributed by atoms with Crippen LogP contribution in [0, 0.1) is 0 Å². The fraction of sp³-hybridized carbons (Fsp3) is 1.00. The van der Waals surface area contributed by atoms with Crippen LogP contribution < -0.4 is 9.43 Å². The molecule has 23 heavy (non-hydrogen) atoms. The standard InChI is InChI=1S/2C6H13NO3S.Ca/c2*8-11(9,10)7-6-4-2-1-3-5-6;/h2*6-7H,1-5H2,(H,8,9,10);/q;;+2/p-2/i/hD2. The van der Waals surface area contributed by atoms with Crippen LogP contribution in [0.15, 0.2) is 0 Å². The summed E-state index contributed by atoms with van der Waals surface area (Å²) in [5.41, 5.74) is 0. The maximum Gasteiger partial charge on any atom is 2.00 e. The molecule has 0 bridgehead atoms. The molecule has 0 spiro atoms. The summed E-state index contributed by atoms with van der Waals surface area (Å²) in [5.74, 6) is 0. The summed E-state index contributed by atoms with van der Waals surface area (Å²) < 4.78 is 77.0. The monoisotopic (exact) mass is 398 g/mol. The largest absolute Gasteiger partial charge is 2.00 e. The minimum atomic E-state index is -4.55. The third kappa shape index (κ3) is 13.9. The zero-order valence-electron chi connectivity index (χ0n) is 15.1. The molecule has 0 amide bonds. The van der Waals surface area contributed by atoms with E-state index in [9.17, 15) is 25.9 Å². The summed E-state index contributed by atoms with van der Waals surface area (Å²) in [7, 11) is -9.10. The Labute approximate surface area is 171 Å². The van der Waals surface area contributed by atoms with E-state index in [0.29, 0.717) is 25.7 Å². The number of nitrogens with one attached hydrogen (secondary N) is 2. The number of hydrogen-bond acceptors (Lipinski definition) is 6. The first-order chi connectivity index (χ1) is 11.0. The van der Waals surface area contributed by atoms with Crippen LogP contribution in [-0.2, 0) is 20.6 Å². The molecule has 0 aromatic carbocycles. The van der Waals surface area contributed by atoms with Crippen molar-refractivity contribution in [3.8, 4) is 0 Å². The van der Waals surface area contributed by atoms with Gasteiger partial charge in [-0.3, -0.25) is 0 Å². The molecular weight excluding hydrogens is 372 g/mol. The van der Waals surface area contributed by atoms with E-state index in [1.54, 1.807) is 0 Å². The molecule has 0 saturated heterocycles. The Balaban J connectivity index is 0.000000443. The van der Waals surface area contributed by atoms with Gasteiger partial charge in [0.15, 0.2) is 20.6 Å². The number of hydrogen-bond donors (Lipinski definition) is 2. The van der Waals surface area contributed by atoms with Gasteiger partial charge in [-0.15, -0.1) is 0 Å². The summed E-state index contributed by atoms with van der Waals surface area (Å²) in [5, 5.41) is 0. The molecule has 2 aliphatic rings. The summed E-state index contributed by atoms with van der Waals surface area (Å²) in [6.07, 6.45) is 8.37. The molecule has 11 heteroatoms. The molecule has 0 aromatic rings. The molecule has 0 aromatic heterocycles. The summed E-state index contributed by atoms with van der Waals surface area (Å²) in [4.78, 5) is 0. The van der Waals surface area contributed by atoms with E-state index in [1.807, 2.05) is 0 Å². The van der Waals surface area contributed by atoms with E-state index in [4.69, 9.17) is 2.82 Å². The van der Waals surface area contributed by atoms with Crippen LogP contribution in [0.1, 0.15) is 64.2 Å². The predicted octanol–water partition coefficient (Wildman–Crippen LogP) is 0.357. The van der Waals surface area contributed by atoms with Crippen LogP contribution in [0.2, 0.25) is 2.82 Å². The van der Waals surface area contributed by atoms with Crippen molar-refractivity contribution >= 4 is 58.3 Å². The van der Waals surface area contributed by atoms with Gasteiger partial charge in [0.05, 0.1) is 0 Å². The Bertz CT molecular complexity index is 528. The van der Waals surface area contributed by atoms with Gasteiger partial charge >= 0.3 is 37.7 Å². The van der Waals surface area contributed by atoms with Crippen LogP contribution in [-0.4, -0.2) is 75.8 Å².